The van der Waals surface area contributed by atoms with Crippen molar-refractivity contribution in [1.29, 1.82) is 0 Å². The fourth-order valence-corrected chi connectivity index (χ4v) is 2.93. The molecule has 5 nitrogen and oxygen atoms in total. The van der Waals surface area contributed by atoms with Crippen LogP contribution in [0.5, 0.6) is 5.75 Å². The van der Waals surface area contributed by atoms with E-state index in [2.05, 4.69) is 5.32 Å². The van der Waals surface area contributed by atoms with Crippen molar-refractivity contribution in [2.75, 3.05) is 26.7 Å². The minimum absolute atomic E-state index is 0.204. The van der Waals surface area contributed by atoms with E-state index >= 15 is 0 Å². The van der Waals surface area contributed by atoms with E-state index in [1.165, 1.54) is 0 Å². The summed E-state index contributed by atoms with van der Waals surface area (Å²) in [5, 5.41) is 3.32. The minimum atomic E-state index is -0.318. The average Bonchev–Trinajstić information content (AvgIpc) is 2.76. The number of piperidine rings is 1. The number of nitrogens with one attached hydrogen (secondary N) is 1. The van der Waals surface area contributed by atoms with Crippen LogP contribution in [0.1, 0.15) is 18.4 Å². The Morgan fingerprint density at radius 1 is 1.40 bits per heavy atom. The van der Waals surface area contributed by atoms with Crippen LogP contribution in [0.4, 0.5) is 4.79 Å². The van der Waals surface area contributed by atoms with Gasteiger partial charge in [-0.1, -0.05) is 12.1 Å². The van der Waals surface area contributed by atoms with Crippen molar-refractivity contribution in [3.05, 3.63) is 29.8 Å². The van der Waals surface area contributed by atoms with E-state index in [0.29, 0.717) is 13.1 Å². The third-order valence-corrected chi connectivity index (χ3v) is 4.01. The van der Waals surface area contributed by atoms with Gasteiger partial charge in [-0.15, -0.1) is 0 Å². The van der Waals surface area contributed by atoms with E-state index in [4.69, 9.17) is 9.47 Å². The molecule has 2 heterocycles. The van der Waals surface area contributed by atoms with Gasteiger partial charge in [-0.3, -0.25) is 4.90 Å². The van der Waals surface area contributed by atoms with Crippen molar-refractivity contribution in [3.63, 3.8) is 0 Å². The fourth-order valence-electron chi connectivity index (χ4n) is 2.93. The number of methoxy groups -OCH3 is 1. The van der Waals surface area contributed by atoms with E-state index in [9.17, 15) is 4.79 Å². The first-order valence-corrected chi connectivity index (χ1v) is 7.02. The molecule has 108 valence electrons. The number of carbonyl (C=O) groups is 1. The summed E-state index contributed by atoms with van der Waals surface area (Å²) in [6, 6.07) is 7.79. The van der Waals surface area contributed by atoms with Crippen LogP contribution in [0.3, 0.4) is 0 Å². The molecule has 2 saturated heterocycles. The number of hydrogen-bond acceptors (Lipinski definition) is 4. The largest absolute Gasteiger partial charge is 0.497 e. The molecule has 1 amide bonds. The molecule has 1 spiro atoms. The molecule has 3 rings (SSSR count). The molecule has 2 aliphatic heterocycles. The first-order chi connectivity index (χ1) is 9.71. The van der Waals surface area contributed by atoms with Crippen molar-refractivity contribution in [2.45, 2.75) is 25.0 Å². The summed E-state index contributed by atoms with van der Waals surface area (Å²) < 4.78 is 10.8. The average molecular weight is 276 g/mol. The number of benzene rings is 1. The summed E-state index contributed by atoms with van der Waals surface area (Å²) in [5.74, 6) is 0.825. The zero-order chi connectivity index (χ0) is 14.0. The van der Waals surface area contributed by atoms with Gasteiger partial charge in [0.2, 0.25) is 0 Å². The van der Waals surface area contributed by atoms with Crippen molar-refractivity contribution < 1.29 is 14.3 Å². The lowest BCUT2D eigenvalue weighted by Crippen LogP contribution is -2.48. The quantitative estimate of drug-likeness (QED) is 0.914. The van der Waals surface area contributed by atoms with E-state index in [0.717, 1.165) is 37.2 Å². The molecule has 1 unspecified atom stereocenters. The summed E-state index contributed by atoms with van der Waals surface area (Å²) in [5.41, 5.74) is 0.769. The monoisotopic (exact) mass is 276 g/mol. The smallest absolute Gasteiger partial charge is 0.410 e. The van der Waals surface area contributed by atoms with E-state index in [1.807, 2.05) is 24.3 Å². The Hall–Kier alpha value is -1.75. The van der Waals surface area contributed by atoms with Gasteiger partial charge in [0, 0.05) is 13.1 Å². The van der Waals surface area contributed by atoms with Crippen LogP contribution < -0.4 is 10.1 Å². The maximum atomic E-state index is 12.0. The highest BCUT2D eigenvalue weighted by atomic mass is 16.6. The minimum Gasteiger partial charge on any atom is -0.497 e. The molecule has 0 aliphatic carbocycles. The summed E-state index contributed by atoms with van der Waals surface area (Å²) in [6.45, 7) is 3.03. The fraction of sp³-hybridized carbons (Fsp3) is 0.533. The summed E-state index contributed by atoms with van der Waals surface area (Å²) in [4.78, 5) is 13.8. The Kier molecular flexibility index (Phi) is 3.53. The number of carbonyl (C=O) groups excluding carboxylic acids is 1. The standard InChI is InChI=1S/C15H20N2O3/c1-19-13-5-3-12(4-6-13)9-17-11-15(20-14(17)18)7-2-8-16-10-15/h3-6,16H,2,7-11H2,1H3. The van der Waals surface area contributed by atoms with Crippen molar-refractivity contribution in [2.24, 2.45) is 0 Å². The van der Waals surface area contributed by atoms with Crippen LogP contribution in [-0.4, -0.2) is 43.3 Å². The Balaban J connectivity index is 1.66. The van der Waals surface area contributed by atoms with Gasteiger partial charge in [-0.25, -0.2) is 4.79 Å². The van der Waals surface area contributed by atoms with Crippen LogP contribution in [0.25, 0.3) is 0 Å². The lowest BCUT2D eigenvalue weighted by Gasteiger charge is -2.31. The van der Waals surface area contributed by atoms with Gasteiger partial charge < -0.3 is 14.8 Å². The number of nitrogens with zero attached hydrogens (tertiary/aromatic N) is 1. The lowest BCUT2D eigenvalue weighted by atomic mass is 9.94. The van der Waals surface area contributed by atoms with E-state index < -0.39 is 0 Å². The molecule has 0 aromatic heterocycles. The van der Waals surface area contributed by atoms with E-state index in [1.54, 1.807) is 12.0 Å². The molecule has 5 heteroatoms. The van der Waals surface area contributed by atoms with Crippen molar-refractivity contribution in [1.82, 2.24) is 10.2 Å². The van der Waals surface area contributed by atoms with Crippen LogP contribution in [0, 0.1) is 0 Å². The molecule has 1 N–H and O–H groups in total. The normalized spacial score (nSPS) is 25.9. The van der Waals surface area contributed by atoms with Gasteiger partial charge in [0.1, 0.15) is 11.4 Å². The topological polar surface area (TPSA) is 50.8 Å². The van der Waals surface area contributed by atoms with Crippen LogP contribution in [-0.2, 0) is 11.3 Å². The Bertz CT molecular complexity index is 480. The van der Waals surface area contributed by atoms with Gasteiger partial charge in [0.05, 0.1) is 13.7 Å². The number of ether oxygens (including phenoxy) is 2. The molecule has 0 bridgehead atoms. The Morgan fingerprint density at radius 3 is 2.85 bits per heavy atom. The molecule has 2 aliphatic rings. The summed E-state index contributed by atoms with van der Waals surface area (Å²) in [7, 11) is 1.65. The predicted molar refractivity (Wildman–Crippen MR) is 74.7 cm³/mol. The molecule has 1 aromatic rings. The Labute approximate surface area is 118 Å². The lowest BCUT2D eigenvalue weighted by molar-refractivity contribution is 0.0366. The zero-order valence-corrected chi connectivity index (χ0v) is 11.7. The second-order valence-electron chi connectivity index (χ2n) is 5.54. The highest BCUT2D eigenvalue weighted by Gasteiger charge is 2.45. The predicted octanol–water partition coefficient (Wildman–Crippen LogP) is 1.77. The van der Waals surface area contributed by atoms with Crippen LogP contribution >= 0.6 is 0 Å². The SMILES string of the molecule is COc1ccc(CN2CC3(CCCNC3)OC2=O)cc1. The molecule has 2 fully saturated rings. The molecular weight excluding hydrogens is 256 g/mol. The number of rotatable bonds is 3. The van der Waals surface area contributed by atoms with Crippen LogP contribution in [0.15, 0.2) is 24.3 Å². The molecule has 20 heavy (non-hydrogen) atoms. The molecular formula is C15H20N2O3. The second kappa shape index (κ2) is 5.32. The van der Waals surface area contributed by atoms with Gasteiger partial charge >= 0.3 is 6.09 Å². The molecule has 0 saturated carbocycles. The molecule has 1 aromatic carbocycles. The number of hydrogen-bond donors (Lipinski definition) is 1. The summed E-state index contributed by atoms with van der Waals surface area (Å²) >= 11 is 0. The molecule has 0 radical (unpaired) electrons. The van der Waals surface area contributed by atoms with Crippen molar-refractivity contribution in [3.8, 4) is 5.75 Å². The third-order valence-electron chi connectivity index (χ3n) is 4.01. The first-order valence-electron chi connectivity index (χ1n) is 7.02. The highest BCUT2D eigenvalue weighted by Crippen LogP contribution is 2.30. The van der Waals surface area contributed by atoms with Gasteiger partial charge in [-0.2, -0.15) is 0 Å². The maximum Gasteiger partial charge on any atom is 0.410 e. The van der Waals surface area contributed by atoms with Gasteiger partial charge in [0.15, 0.2) is 0 Å². The highest BCUT2D eigenvalue weighted by molar-refractivity contribution is 5.70. The van der Waals surface area contributed by atoms with Crippen molar-refractivity contribution >= 4 is 6.09 Å². The third kappa shape index (κ3) is 2.58. The summed E-state index contributed by atoms with van der Waals surface area (Å²) in [6.07, 6.45) is 1.80. The Morgan fingerprint density at radius 2 is 2.20 bits per heavy atom. The first kappa shape index (κ1) is 13.2. The number of amides is 1. The van der Waals surface area contributed by atoms with Crippen LogP contribution in [0.2, 0.25) is 0 Å². The van der Waals surface area contributed by atoms with Gasteiger partial charge in [-0.05, 0) is 37.1 Å². The maximum absolute atomic E-state index is 12.0. The van der Waals surface area contributed by atoms with Gasteiger partial charge in [0.25, 0.3) is 0 Å². The second-order valence-corrected chi connectivity index (χ2v) is 5.54. The zero-order valence-electron chi connectivity index (χ0n) is 11.7. The molecule has 1 atom stereocenters. The van der Waals surface area contributed by atoms with E-state index in [-0.39, 0.29) is 11.7 Å².